The van der Waals surface area contributed by atoms with Crippen LogP contribution in [0.25, 0.3) is 11.6 Å². The van der Waals surface area contributed by atoms with E-state index in [2.05, 4.69) is 10.1 Å². The molecule has 1 aliphatic heterocycles. The summed E-state index contributed by atoms with van der Waals surface area (Å²) in [5, 5.41) is 14.6. The molecule has 0 amide bonds. The van der Waals surface area contributed by atoms with E-state index in [-0.39, 0.29) is 0 Å². The molecule has 0 saturated carbocycles. The summed E-state index contributed by atoms with van der Waals surface area (Å²) in [5.74, 6) is 2.78. The minimum absolute atomic E-state index is 0.405. The van der Waals surface area contributed by atoms with Crippen molar-refractivity contribution >= 4 is 0 Å². The molecule has 0 fully saturated rings. The molecule has 1 atom stereocenters. The normalized spacial score (nSPS) is 17.1. The van der Waals surface area contributed by atoms with Gasteiger partial charge >= 0.3 is 0 Å². The van der Waals surface area contributed by atoms with Gasteiger partial charge in [-0.15, -0.1) is 0 Å². The molecule has 8 nitrogen and oxygen atoms in total. The van der Waals surface area contributed by atoms with Crippen molar-refractivity contribution in [2.75, 3.05) is 20.8 Å². The van der Waals surface area contributed by atoms with Crippen LogP contribution in [0.15, 0.2) is 39.5 Å². The van der Waals surface area contributed by atoms with Crippen molar-refractivity contribution in [3.05, 3.63) is 47.5 Å². The fourth-order valence-electron chi connectivity index (χ4n) is 3.28. The molecule has 2 aromatic heterocycles. The Hall–Kier alpha value is -2.84. The van der Waals surface area contributed by atoms with Gasteiger partial charge in [-0.3, -0.25) is 4.90 Å². The summed E-state index contributed by atoms with van der Waals surface area (Å²) in [5.41, 5.74) is 1.67. The van der Waals surface area contributed by atoms with Crippen molar-refractivity contribution < 1.29 is 23.5 Å². The first-order valence-electron chi connectivity index (χ1n) is 8.20. The van der Waals surface area contributed by atoms with Crippen LogP contribution in [0.1, 0.15) is 23.1 Å². The monoisotopic (exact) mass is 357 g/mol. The second-order valence-corrected chi connectivity index (χ2v) is 6.04. The maximum atomic E-state index is 10.6. The van der Waals surface area contributed by atoms with Crippen molar-refractivity contribution in [1.29, 1.82) is 0 Å². The van der Waals surface area contributed by atoms with Gasteiger partial charge in [0, 0.05) is 24.2 Å². The van der Waals surface area contributed by atoms with E-state index in [4.69, 9.17) is 18.4 Å². The van der Waals surface area contributed by atoms with E-state index in [0.717, 1.165) is 11.1 Å². The minimum Gasteiger partial charge on any atom is -0.496 e. The van der Waals surface area contributed by atoms with Gasteiger partial charge in [-0.05, 0) is 24.3 Å². The molecule has 3 aromatic rings. The summed E-state index contributed by atoms with van der Waals surface area (Å²) in [6.07, 6.45) is 0.861. The van der Waals surface area contributed by atoms with Crippen LogP contribution in [0.3, 0.4) is 0 Å². The van der Waals surface area contributed by atoms with Crippen molar-refractivity contribution in [3.63, 3.8) is 0 Å². The van der Waals surface area contributed by atoms with Crippen LogP contribution in [0, 0.1) is 0 Å². The van der Waals surface area contributed by atoms with Crippen LogP contribution in [0.4, 0.5) is 0 Å². The Balaban J connectivity index is 1.57. The summed E-state index contributed by atoms with van der Waals surface area (Å²) in [6.45, 7) is 1.41. The molecule has 26 heavy (non-hydrogen) atoms. The van der Waals surface area contributed by atoms with Gasteiger partial charge < -0.3 is 23.5 Å². The fourth-order valence-corrected chi connectivity index (χ4v) is 3.28. The zero-order chi connectivity index (χ0) is 18.1. The van der Waals surface area contributed by atoms with Crippen molar-refractivity contribution in [2.24, 2.45) is 0 Å². The third-order valence-corrected chi connectivity index (χ3v) is 4.43. The molecule has 8 heteroatoms. The molecule has 4 rings (SSSR count). The molecule has 0 unspecified atom stereocenters. The number of furan rings is 1. The van der Waals surface area contributed by atoms with Gasteiger partial charge in [0.1, 0.15) is 11.5 Å². The Morgan fingerprint density at radius 2 is 2.04 bits per heavy atom. The predicted octanol–water partition coefficient (Wildman–Crippen LogP) is 2.40. The van der Waals surface area contributed by atoms with Gasteiger partial charge in [0.15, 0.2) is 5.76 Å². The number of β-amino-alcohol motifs (C(OH)–C–C–N with tert-alkyl or cyclic N) is 1. The topological polar surface area (TPSA) is 94.0 Å². The van der Waals surface area contributed by atoms with E-state index in [0.29, 0.717) is 48.6 Å². The van der Waals surface area contributed by atoms with Crippen LogP contribution in [-0.2, 0) is 13.1 Å². The number of aliphatic hydroxyl groups is 1. The van der Waals surface area contributed by atoms with Gasteiger partial charge in [0.2, 0.25) is 11.7 Å². The lowest BCUT2D eigenvalue weighted by atomic mass is 9.95. The molecule has 1 aliphatic rings. The summed E-state index contributed by atoms with van der Waals surface area (Å²) in [6, 6.07) is 7.19. The van der Waals surface area contributed by atoms with E-state index in [9.17, 15) is 5.11 Å². The Morgan fingerprint density at radius 1 is 1.23 bits per heavy atom. The molecule has 0 spiro atoms. The highest BCUT2D eigenvalue weighted by Gasteiger charge is 2.30. The zero-order valence-corrected chi connectivity index (χ0v) is 14.5. The lowest BCUT2D eigenvalue weighted by Crippen LogP contribution is -2.33. The standard InChI is InChI=1S/C18H19N3O5/c1-23-13-5-6-14(24-2)17-11(13)8-21(9-12(17)22)10-16-19-18(20-26-16)15-4-3-7-25-15/h3-7,12,22H,8-10H2,1-2H3/t12-/m1/s1. The van der Waals surface area contributed by atoms with Crippen LogP contribution in [0.5, 0.6) is 11.5 Å². The number of aromatic nitrogens is 2. The summed E-state index contributed by atoms with van der Waals surface area (Å²) < 4.78 is 21.4. The molecule has 0 bridgehead atoms. The largest absolute Gasteiger partial charge is 0.496 e. The first kappa shape index (κ1) is 16.6. The molecule has 1 aromatic carbocycles. The van der Waals surface area contributed by atoms with Crippen LogP contribution >= 0.6 is 0 Å². The number of benzene rings is 1. The molecule has 0 saturated heterocycles. The maximum Gasteiger partial charge on any atom is 0.241 e. The van der Waals surface area contributed by atoms with Gasteiger partial charge in [-0.1, -0.05) is 5.16 Å². The quantitative estimate of drug-likeness (QED) is 0.744. The Kier molecular flexibility index (Phi) is 4.36. The minimum atomic E-state index is -0.698. The van der Waals surface area contributed by atoms with Gasteiger partial charge in [0.05, 0.1) is 33.1 Å². The Labute approximate surface area is 149 Å². The molecular weight excluding hydrogens is 338 g/mol. The number of rotatable bonds is 5. The number of hydrogen-bond donors (Lipinski definition) is 1. The third kappa shape index (κ3) is 2.93. The first-order valence-corrected chi connectivity index (χ1v) is 8.20. The lowest BCUT2D eigenvalue weighted by molar-refractivity contribution is 0.0779. The van der Waals surface area contributed by atoms with Crippen molar-refractivity contribution in [2.45, 2.75) is 19.2 Å². The molecular formula is C18H19N3O5. The second-order valence-electron chi connectivity index (χ2n) is 6.04. The summed E-state index contributed by atoms with van der Waals surface area (Å²) in [7, 11) is 3.21. The second kappa shape index (κ2) is 6.81. The molecule has 136 valence electrons. The van der Waals surface area contributed by atoms with E-state index in [1.54, 1.807) is 32.6 Å². The first-order chi connectivity index (χ1) is 12.7. The summed E-state index contributed by atoms with van der Waals surface area (Å²) >= 11 is 0. The van der Waals surface area contributed by atoms with Crippen LogP contribution in [-0.4, -0.2) is 40.9 Å². The average molecular weight is 357 g/mol. The number of hydrogen-bond acceptors (Lipinski definition) is 8. The average Bonchev–Trinajstić information content (AvgIpc) is 3.32. The SMILES string of the molecule is COc1ccc(OC)c2c1CN(Cc1nc(-c3ccco3)no1)C[C@H]2O. The van der Waals surface area contributed by atoms with Crippen molar-refractivity contribution in [3.8, 4) is 23.1 Å². The lowest BCUT2D eigenvalue weighted by Gasteiger charge is -2.33. The third-order valence-electron chi connectivity index (χ3n) is 4.43. The van der Waals surface area contributed by atoms with E-state index in [1.807, 2.05) is 17.0 Å². The van der Waals surface area contributed by atoms with Crippen LogP contribution in [0.2, 0.25) is 0 Å². The van der Waals surface area contributed by atoms with Gasteiger partial charge in [0.25, 0.3) is 0 Å². The smallest absolute Gasteiger partial charge is 0.241 e. The number of fused-ring (bicyclic) bond motifs is 1. The number of ether oxygens (including phenoxy) is 2. The van der Waals surface area contributed by atoms with E-state index >= 15 is 0 Å². The van der Waals surface area contributed by atoms with Crippen molar-refractivity contribution in [1.82, 2.24) is 15.0 Å². The molecule has 0 radical (unpaired) electrons. The highest BCUT2D eigenvalue weighted by molar-refractivity contribution is 5.51. The Morgan fingerprint density at radius 3 is 2.77 bits per heavy atom. The fraction of sp³-hybridized carbons (Fsp3) is 0.333. The number of methoxy groups -OCH3 is 2. The van der Waals surface area contributed by atoms with Gasteiger partial charge in [-0.25, -0.2) is 0 Å². The zero-order valence-electron chi connectivity index (χ0n) is 14.5. The number of nitrogens with zero attached hydrogens (tertiary/aromatic N) is 3. The predicted molar refractivity (Wildman–Crippen MR) is 90.6 cm³/mol. The highest BCUT2D eigenvalue weighted by atomic mass is 16.5. The van der Waals surface area contributed by atoms with Crippen LogP contribution < -0.4 is 9.47 Å². The van der Waals surface area contributed by atoms with E-state index < -0.39 is 6.10 Å². The Bertz CT molecular complexity index is 890. The maximum absolute atomic E-state index is 10.6. The van der Waals surface area contributed by atoms with Gasteiger partial charge in [-0.2, -0.15) is 4.98 Å². The van der Waals surface area contributed by atoms with E-state index in [1.165, 1.54) is 0 Å². The molecule has 3 heterocycles. The summed E-state index contributed by atoms with van der Waals surface area (Å²) in [4.78, 5) is 6.38. The molecule has 1 N–H and O–H groups in total. The highest BCUT2D eigenvalue weighted by Crippen LogP contribution is 2.39. The number of aliphatic hydroxyl groups excluding tert-OH is 1. The molecule has 0 aliphatic carbocycles.